The zero-order chi connectivity index (χ0) is 8.39. The van der Waals surface area contributed by atoms with Crippen LogP contribution in [0.25, 0.3) is 0 Å². The molecule has 0 spiro atoms. The van der Waals surface area contributed by atoms with Gasteiger partial charge in [-0.05, 0) is 12.1 Å². The second-order valence-corrected chi connectivity index (χ2v) is 3.02. The Labute approximate surface area is 76.1 Å². The van der Waals surface area contributed by atoms with Gasteiger partial charge in [0.05, 0.1) is 18.2 Å². The molecule has 1 aromatic rings. The van der Waals surface area contributed by atoms with E-state index in [1.165, 1.54) is 0 Å². The standard InChI is InChI=1S/C9H9ClO2/c10-7-3-1-4-8-9(7)12-6-2-5-11-8/h1,3-4H,2,5-6H2. The van der Waals surface area contributed by atoms with Crippen LogP contribution in [0.5, 0.6) is 11.5 Å². The van der Waals surface area contributed by atoms with E-state index >= 15 is 0 Å². The van der Waals surface area contributed by atoms with Gasteiger partial charge in [0, 0.05) is 6.42 Å². The second-order valence-electron chi connectivity index (χ2n) is 2.62. The van der Waals surface area contributed by atoms with Crippen LogP contribution in [0.3, 0.4) is 0 Å². The van der Waals surface area contributed by atoms with Crippen LogP contribution in [-0.2, 0) is 0 Å². The summed E-state index contributed by atoms with van der Waals surface area (Å²) in [5.74, 6) is 1.43. The predicted molar refractivity (Wildman–Crippen MR) is 47.1 cm³/mol. The number of halogens is 1. The third kappa shape index (κ3) is 1.34. The number of hydrogen-bond donors (Lipinski definition) is 0. The molecule has 2 rings (SSSR count). The third-order valence-corrected chi connectivity index (χ3v) is 2.02. The van der Waals surface area contributed by atoms with Crippen LogP contribution < -0.4 is 9.47 Å². The number of para-hydroxylation sites is 1. The molecule has 1 aliphatic heterocycles. The molecular formula is C9H9ClO2. The van der Waals surface area contributed by atoms with Crippen LogP contribution in [0.4, 0.5) is 0 Å². The van der Waals surface area contributed by atoms with Gasteiger partial charge in [0.15, 0.2) is 11.5 Å². The van der Waals surface area contributed by atoms with Crippen molar-refractivity contribution in [3.63, 3.8) is 0 Å². The molecule has 1 heterocycles. The lowest BCUT2D eigenvalue weighted by Gasteiger charge is -2.07. The van der Waals surface area contributed by atoms with Crippen LogP contribution in [0.2, 0.25) is 5.02 Å². The van der Waals surface area contributed by atoms with Crippen molar-refractivity contribution in [2.45, 2.75) is 6.42 Å². The molecule has 0 N–H and O–H groups in total. The Morgan fingerprint density at radius 1 is 1.17 bits per heavy atom. The van der Waals surface area contributed by atoms with Crippen LogP contribution >= 0.6 is 11.6 Å². The monoisotopic (exact) mass is 184 g/mol. The van der Waals surface area contributed by atoms with E-state index in [-0.39, 0.29) is 0 Å². The van der Waals surface area contributed by atoms with Crippen molar-refractivity contribution in [3.8, 4) is 11.5 Å². The minimum Gasteiger partial charge on any atom is -0.490 e. The van der Waals surface area contributed by atoms with Gasteiger partial charge in [-0.25, -0.2) is 0 Å². The maximum Gasteiger partial charge on any atom is 0.179 e. The highest BCUT2D eigenvalue weighted by molar-refractivity contribution is 6.32. The molecule has 0 amide bonds. The smallest absolute Gasteiger partial charge is 0.179 e. The molecule has 3 heteroatoms. The molecule has 0 saturated heterocycles. The maximum absolute atomic E-state index is 5.91. The van der Waals surface area contributed by atoms with Gasteiger partial charge in [0.2, 0.25) is 0 Å². The first-order chi connectivity index (χ1) is 5.88. The fourth-order valence-electron chi connectivity index (χ4n) is 1.16. The van der Waals surface area contributed by atoms with E-state index < -0.39 is 0 Å². The lowest BCUT2D eigenvalue weighted by molar-refractivity contribution is 0.297. The summed E-state index contributed by atoms with van der Waals surface area (Å²) in [5.41, 5.74) is 0. The maximum atomic E-state index is 5.91. The molecule has 0 fully saturated rings. The molecule has 1 aliphatic rings. The summed E-state index contributed by atoms with van der Waals surface area (Å²) in [6.07, 6.45) is 0.908. The molecule has 2 nitrogen and oxygen atoms in total. The summed E-state index contributed by atoms with van der Waals surface area (Å²) >= 11 is 5.91. The van der Waals surface area contributed by atoms with Crippen molar-refractivity contribution in [1.29, 1.82) is 0 Å². The lowest BCUT2D eigenvalue weighted by Crippen LogP contribution is -1.97. The summed E-state index contributed by atoms with van der Waals surface area (Å²) < 4.78 is 10.8. The van der Waals surface area contributed by atoms with Gasteiger partial charge < -0.3 is 9.47 Å². The van der Waals surface area contributed by atoms with Gasteiger partial charge in [-0.15, -0.1) is 0 Å². The highest BCUT2D eigenvalue weighted by Gasteiger charge is 2.12. The van der Waals surface area contributed by atoms with Gasteiger partial charge in [0.1, 0.15) is 0 Å². The van der Waals surface area contributed by atoms with Crippen LogP contribution in [0.1, 0.15) is 6.42 Å². The number of benzene rings is 1. The lowest BCUT2D eigenvalue weighted by atomic mass is 10.3. The van der Waals surface area contributed by atoms with E-state index in [2.05, 4.69) is 0 Å². The number of rotatable bonds is 0. The second kappa shape index (κ2) is 3.23. The van der Waals surface area contributed by atoms with Crippen molar-refractivity contribution in [3.05, 3.63) is 23.2 Å². The van der Waals surface area contributed by atoms with Crippen molar-refractivity contribution in [2.24, 2.45) is 0 Å². The Balaban J connectivity index is 2.42. The Kier molecular flexibility index (Phi) is 2.09. The molecule has 0 radical (unpaired) electrons. The highest BCUT2D eigenvalue weighted by atomic mass is 35.5. The number of ether oxygens (including phenoxy) is 2. The molecule has 64 valence electrons. The van der Waals surface area contributed by atoms with Crippen LogP contribution in [-0.4, -0.2) is 13.2 Å². The fourth-order valence-corrected chi connectivity index (χ4v) is 1.38. The number of hydrogen-bond acceptors (Lipinski definition) is 2. The molecule has 12 heavy (non-hydrogen) atoms. The van der Waals surface area contributed by atoms with Crippen molar-refractivity contribution in [2.75, 3.05) is 13.2 Å². The Morgan fingerprint density at radius 2 is 2.00 bits per heavy atom. The van der Waals surface area contributed by atoms with Gasteiger partial charge in [-0.3, -0.25) is 0 Å². The molecule has 0 aliphatic carbocycles. The Morgan fingerprint density at radius 3 is 2.92 bits per heavy atom. The molecule has 0 unspecified atom stereocenters. The zero-order valence-corrected chi connectivity index (χ0v) is 7.30. The topological polar surface area (TPSA) is 18.5 Å². The van der Waals surface area contributed by atoms with Gasteiger partial charge in [-0.2, -0.15) is 0 Å². The summed E-state index contributed by atoms with van der Waals surface area (Å²) in [7, 11) is 0. The molecule has 0 aromatic heterocycles. The van der Waals surface area contributed by atoms with E-state index in [0.717, 1.165) is 12.2 Å². The van der Waals surface area contributed by atoms with E-state index in [1.54, 1.807) is 6.07 Å². The fraction of sp³-hybridized carbons (Fsp3) is 0.333. The molecule has 1 aromatic carbocycles. The van der Waals surface area contributed by atoms with Gasteiger partial charge in [-0.1, -0.05) is 17.7 Å². The van der Waals surface area contributed by atoms with Crippen molar-refractivity contribution < 1.29 is 9.47 Å². The largest absolute Gasteiger partial charge is 0.490 e. The van der Waals surface area contributed by atoms with E-state index in [0.29, 0.717) is 24.0 Å². The quantitative estimate of drug-likeness (QED) is 0.617. The Hall–Kier alpha value is -0.890. The van der Waals surface area contributed by atoms with E-state index in [9.17, 15) is 0 Å². The highest BCUT2D eigenvalue weighted by Crippen LogP contribution is 2.35. The predicted octanol–water partition coefficient (Wildman–Crippen LogP) is 2.50. The Bertz CT molecular complexity index is 286. The van der Waals surface area contributed by atoms with Gasteiger partial charge >= 0.3 is 0 Å². The normalized spacial score (nSPS) is 15.4. The molecule has 0 saturated carbocycles. The number of fused-ring (bicyclic) bond motifs is 1. The summed E-state index contributed by atoms with van der Waals surface area (Å²) in [6, 6.07) is 5.53. The van der Waals surface area contributed by atoms with E-state index in [1.807, 2.05) is 12.1 Å². The molecule has 0 bridgehead atoms. The van der Waals surface area contributed by atoms with Crippen molar-refractivity contribution in [1.82, 2.24) is 0 Å². The molecular weight excluding hydrogens is 176 g/mol. The first-order valence-electron chi connectivity index (χ1n) is 3.92. The average Bonchev–Trinajstić information content (AvgIpc) is 2.30. The first kappa shape index (κ1) is 7.74. The summed E-state index contributed by atoms with van der Waals surface area (Å²) in [5, 5.41) is 0.620. The summed E-state index contributed by atoms with van der Waals surface area (Å²) in [6.45, 7) is 1.38. The summed E-state index contributed by atoms with van der Waals surface area (Å²) in [4.78, 5) is 0. The first-order valence-corrected chi connectivity index (χ1v) is 4.30. The minimum absolute atomic E-state index is 0.620. The molecule has 0 atom stereocenters. The SMILES string of the molecule is Clc1cccc2c1OCCCO2. The third-order valence-electron chi connectivity index (χ3n) is 1.72. The van der Waals surface area contributed by atoms with Crippen LogP contribution in [0, 0.1) is 0 Å². The van der Waals surface area contributed by atoms with Crippen molar-refractivity contribution >= 4 is 11.6 Å². The van der Waals surface area contributed by atoms with E-state index in [4.69, 9.17) is 21.1 Å². The minimum atomic E-state index is 0.620. The van der Waals surface area contributed by atoms with Gasteiger partial charge in [0.25, 0.3) is 0 Å². The van der Waals surface area contributed by atoms with Crippen LogP contribution in [0.15, 0.2) is 18.2 Å². The zero-order valence-electron chi connectivity index (χ0n) is 6.55. The average molecular weight is 185 g/mol.